The first-order chi connectivity index (χ1) is 26.9. The maximum absolute atomic E-state index is 13.9. The van der Waals surface area contributed by atoms with Crippen molar-refractivity contribution in [1.82, 2.24) is 4.31 Å². The van der Waals surface area contributed by atoms with Gasteiger partial charge in [0.25, 0.3) is 11.8 Å². The number of benzene rings is 4. The monoisotopic (exact) mass is 878 g/mol. The predicted molar refractivity (Wildman–Crippen MR) is 233 cm³/mol. The molecule has 2 fully saturated rings. The molecule has 4 aromatic carbocycles. The van der Waals surface area contributed by atoms with Crippen LogP contribution in [0.4, 0.5) is 17.1 Å². The van der Waals surface area contributed by atoms with Crippen molar-refractivity contribution < 1.29 is 43.3 Å². The summed E-state index contributed by atoms with van der Waals surface area (Å²) in [5, 5.41) is 24.4. The van der Waals surface area contributed by atoms with Gasteiger partial charge in [-0.15, -0.1) is 0 Å². The molecule has 59 heavy (non-hydrogen) atoms. The van der Waals surface area contributed by atoms with Crippen molar-refractivity contribution in [3.63, 3.8) is 0 Å². The van der Waals surface area contributed by atoms with Crippen LogP contribution in [0.15, 0.2) is 95.9 Å². The van der Waals surface area contributed by atoms with Crippen LogP contribution in [0.2, 0.25) is 0 Å². The molecule has 2 amide bonds. The van der Waals surface area contributed by atoms with Gasteiger partial charge in [-0.2, -0.15) is 4.31 Å². The van der Waals surface area contributed by atoms with Crippen LogP contribution in [0.3, 0.4) is 0 Å². The summed E-state index contributed by atoms with van der Waals surface area (Å²) in [4.78, 5) is 52.5. The Labute approximate surface area is 430 Å². The number of carboxylic acid groups (broad SMARTS) is 2. The van der Waals surface area contributed by atoms with Crippen LogP contribution in [0.1, 0.15) is 94.1 Å². The van der Waals surface area contributed by atoms with Gasteiger partial charge >= 0.3 is 115 Å². The van der Waals surface area contributed by atoms with E-state index in [-0.39, 0.29) is 148 Å². The molecule has 0 aromatic heterocycles. The van der Waals surface area contributed by atoms with Gasteiger partial charge in [0.1, 0.15) is 0 Å². The number of nitrogens with one attached hydrogen (secondary N) is 2. The molecule has 1 heterocycles. The number of anilines is 3. The van der Waals surface area contributed by atoms with Crippen LogP contribution in [0.25, 0.3) is 0 Å². The molecule has 6 rings (SSSR count). The third-order valence-corrected chi connectivity index (χ3v) is 12.8. The number of hydrogen-bond donors (Lipinski definition) is 4. The van der Waals surface area contributed by atoms with Crippen molar-refractivity contribution in [2.45, 2.75) is 75.6 Å². The number of amides is 2. The van der Waals surface area contributed by atoms with Gasteiger partial charge in [0.15, 0.2) is 0 Å². The number of aryl methyl sites for hydroxylation is 2. The van der Waals surface area contributed by atoms with Crippen molar-refractivity contribution >= 4 is 154 Å². The average molecular weight is 879 g/mol. The molecule has 0 unspecified atom stereocenters. The quantitative estimate of drug-likeness (QED) is 0.123. The van der Waals surface area contributed by atoms with E-state index >= 15 is 0 Å². The molecule has 0 radical (unpaired) electrons. The molecule has 16 heteroatoms. The van der Waals surface area contributed by atoms with E-state index in [1.165, 1.54) is 28.6 Å². The van der Waals surface area contributed by atoms with E-state index in [9.17, 15) is 32.7 Å². The summed E-state index contributed by atoms with van der Waals surface area (Å²) in [5.41, 5.74) is 4.38. The number of nitrogens with zero attached hydrogens (tertiary/aromatic N) is 2. The molecule has 4 aromatic rings. The second-order valence-corrected chi connectivity index (χ2v) is 16.4. The van der Waals surface area contributed by atoms with Crippen molar-refractivity contribution in [1.29, 1.82) is 0 Å². The molecule has 0 atom stereocenters. The Morgan fingerprint density at radius 1 is 0.729 bits per heavy atom. The molecule has 0 spiro atoms. The molecular weight excluding hydrogens is 827 g/mol. The van der Waals surface area contributed by atoms with E-state index in [2.05, 4.69) is 15.5 Å². The maximum atomic E-state index is 13.9. The minimum absolute atomic E-state index is 0. The van der Waals surface area contributed by atoms with Crippen LogP contribution in [0.5, 0.6) is 0 Å². The fourth-order valence-electron chi connectivity index (χ4n) is 7.60. The fraction of sp³-hybridized carbons (Fsp3) is 0.349. The average Bonchev–Trinajstić information content (AvgIpc) is 3.21. The van der Waals surface area contributed by atoms with Crippen molar-refractivity contribution in [2.75, 3.05) is 35.2 Å². The van der Waals surface area contributed by atoms with Crippen molar-refractivity contribution in [3.8, 4) is 0 Å². The molecule has 1 aliphatic carbocycles. The number of sulfonamides is 1. The first-order valence-electron chi connectivity index (χ1n) is 19.2. The standard InChI is InChI=1S/C43H48N4O8S.2K.H2O.2H/c1-2-47(35-21-17-32(18-22-35)43(52)53)56(54,55)37-8-6-7-33(27-37)40(48)45-39-24-23-36(46-25-4-3-5-26-46)28-38(39)41(49)44-34-19-13-30(14-20-34)10-9-29-11-15-31(16-12-29)42(50)51;;;;;/h6-8,11-16,19-20,23-24,27-28,32,35H,2-5,9-10,17-18,21-22,25-26H2,1H3,(H,44,49)(H,45,48)(H,50,51)(H,52,53);;;1H2;;. The topological polar surface area (TPSA) is 205 Å². The van der Waals surface area contributed by atoms with Gasteiger partial charge < -0.3 is 31.2 Å². The van der Waals surface area contributed by atoms with E-state index < -0.39 is 39.7 Å². The second kappa shape index (κ2) is 23.8. The fourth-order valence-corrected chi connectivity index (χ4v) is 9.34. The van der Waals surface area contributed by atoms with Crippen LogP contribution in [-0.2, 0) is 27.7 Å². The summed E-state index contributed by atoms with van der Waals surface area (Å²) in [5.74, 6) is -3.29. The summed E-state index contributed by atoms with van der Waals surface area (Å²) < 4.78 is 29.1. The van der Waals surface area contributed by atoms with Gasteiger partial charge in [0, 0.05) is 42.6 Å². The molecule has 13 nitrogen and oxygen atoms in total. The molecule has 0 bridgehead atoms. The van der Waals surface area contributed by atoms with E-state index in [1.807, 2.05) is 42.5 Å². The third-order valence-electron chi connectivity index (χ3n) is 10.8. The third kappa shape index (κ3) is 13.3. The summed E-state index contributed by atoms with van der Waals surface area (Å²) >= 11 is 0. The van der Waals surface area contributed by atoms with Gasteiger partial charge in [0.05, 0.1) is 27.6 Å². The van der Waals surface area contributed by atoms with Crippen LogP contribution < -0.4 is 15.5 Å². The Morgan fingerprint density at radius 2 is 1.34 bits per heavy atom. The number of carbonyl (C=O) groups excluding carboxylic acids is 2. The minimum atomic E-state index is -4.00. The number of aliphatic carboxylic acids is 1. The first-order valence-corrected chi connectivity index (χ1v) is 20.6. The Bertz CT molecular complexity index is 2170. The van der Waals surface area contributed by atoms with Crippen LogP contribution in [0, 0.1) is 5.92 Å². The summed E-state index contributed by atoms with van der Waals surface area (Å²) in [7, 11) is -4.00. The number of carboxylic acids is 2. The van der Waals surface area contributed by atoms with Crippen LogP contribution >= 0.6 is 0 Å². The molecule has 6 N–H and O–H groups in total. The first kappa shape index (κ1) is 51.1. The number of rotatable bonds is 14. The SMILES string of the molecule is CCN(C1CCC(C(=O)O)CC1)S(=O)(=O)c1cccc(C(=O)Nc2ccc(N3CCCCC3)cc2C(=O)Nc2ccc(CCc3ccc(C(=O)O)cc3)cc2)c1.O.[KH].[KH]. The van der Waals surface area contributed by atoms with Crippen LogP contribution in [-0.4, -0.2) is 181 Å². The Balaban J connectivity index is 0.00000310. The molecule has 306 valence electrons. The Morgan fingerprint density at radius 3 is 1.92 bits per heavy atom. The van der Waals surface area contributed by atoms with E-state index in [4.69, 9.17) is 5.11 Å². The Hall–Kier alpha value is -2.30. The zero-order valence-electron chi connectivity index (χ0n) is 31.9. The summed E-state index contributed by atoms with van der Waals surface area (Å²) in [6.45, 7) is 3.67. The van der Waals surface area contributed by atoms with Gasteiger partial charge in [-0.25, -0.2) is 13.2 Å². The molecule has 1 aliphatic heterocycles. The second-order valence-electron chi connectivity index (χ2n) is 14.5. The molecule has 1 saturated heterocycles. The molecular formula is C43H52K2N4O9S. The summed E-state index contributed by atoms with van der Waals surface area (Å²) in [6.07, 6.45) is 6.36. The van der Waals surface area contributed by atoms with Gasteiger partial charge in [-0.3, -0.25) is 14.4 Å². The van der Waals surface area contributed by atoms with Gasteiger partial charge in [-0.1, -0.05) is 37.3 Å². The predicted octanol–water partition coefficient (Wildman–Crippen LogP) is 5.20. The van der Waals surface area contributed by atoms with Gasteiger partial charge in [0.2, 0.25) is 10.0 Å². The zero-order valence-corrected chi connectivity index (χ0v) is 32.8. The number of hydrogen-bond acceptors (Lipinski definition) is 7. The van der Waals surface area contributed by atoms with Crippen molar-refractivity contribution in [2.24, 2.45) is 5.92 Å². The van der Waals surface area contributed by atoms with E-state index in [0.29, 0.717) is 31.4 Å². The Kier molecular flexibility index (Phi) is 20.6. The molecule has 2 aliphatic rings. The number of aromatic carboxylic acids is 1. The summed E-state index contributed by atoms with van der Waals surface area (Å²) in [6, 6.07) is 25.1. The van der Waals surface area contributed by atoms with E-state index in [0.717, 1.165) is 62.0 Å². The van der Waals surface area contributed by atoms with E-state index in [1.54, 1.807) is 31.2 Å². The normalized spacial score (nSPS) is 16.4. The number of piperidine rings is 1. The zero-order chi connectivity index (χ0) is 39.8. The van der Waals surface area contributed by atoms with Gasteiger partial charge in [-0.05, 0) is 130 Å². The molecule has 1 saturated carbocycles. The number of carbonyl (C=O) groups is 4. The van der Waals surface area contributed by atoms with Crippen molar-refractivity contribution in [3.05, 3.63) is 119 Å².